The molecule has 68 valence electrons. The Morgan fingerprint density at radius 1 is 1.67 bits per heavy atom. The van der Waals surface area contributed by atoms with E-state index in [-0.39, 0.29) is 18.4 Å². The largest absolute Gasteiger partial charge is 0.368 e. The first kappa shape index (κ1) is 8.99. The van der Waals surface area contributed by atoms with Crippen LogP contribution in [0.15, 0.2) is 0 Å². The van der Waals surface area contributed by atoms with Crippen molar-refractivity contribution in [2.24, 2.45) is 17.4 Å². The average Bonchev–Trinajstić information content (AvgIpc) is 2.31. The first-order valence-corrected chi connectivity index (χ1v) is 3.89. The zero-order valence-electron chi connectivity index (χ0n) is 6.82. The van der Waals surface area contributed by atoms with Crippen molar-refractivity contribution in [2.75, 3.05) is 19.6 Å². The first-order chi connectivity index (χ1) is 5.63. The Bertz CT molecular complexity index is 205. The highest BCUT2D eigenvalue weighted by Crippen LogP contribution is 2.15. The number of amides is 2. The molecule has 0 spiro atoms. The van der Waals surface area contributed by atoms with E-state index in [0.717, 1.165) is 0 Å². The topological polar surface area (TPSA) is 89.4 Å². The fraction of sp³-hybridized carbons (Fsp3) is 0.714. The predicted octanol–water partition coefficient (Wildman–Crippen LogP) is -1.72. The van der Waals surface area contributed by atoms with Crippen LogP contribution in [0.2, 0.25) is 0 Å². The van der Waals surface area contributed by atoms with E-state index in [0.29, 0.717) is 19.5 Å². The van der Waals surface area contributed by atoms with Crippen LogP contribution in [0.25, 0.3) is 0 Å². The van der Waals surface area contributed by atoms with Crippen LogP contribution < -0.4 is 11.5 Å². The van der Waals surface area contributed by atoms with E-state index in [9.17, 15) is 9.59 Å². The molecule has 12 heavy (non-hydrogen) atoms. The van der Waals surface area contributed by atoms with Gasteiger partial charge >= 0.3 is 0 Å². The summed E-state index contributed by atoms with van der Waals surface area (Å²) in [6, 6.07) is 0. The molecule has 5 heteroatoms. The lowest BCUT2D eigenvalue weighted by molar-refractivity contribution is -0.132. The molecule has 0 aromatic rings. The summed E-state index contributed by atoms with van der Waals surface area (Å²) in [6.07, 6.45) is 0.448. The highest BCUT2D eigenvalue weighted by molar-refractivity contribution is 5.85. The Hall–Kier alpha value is -1.10. The standard InChI is InChI=1S/C7H13N3O2/c8-2-5-1-7(12)10(3-5)4-6(9)11/h5H,1-4,8H2,(H2,9,11). The molecule has 0 aromatic heterocycles. The fourth-order valence-corrected chi connectivity index (χ4v) is 1.35. The summed E-state index contributed by atoms with van der Waals surface area (Å²) in [4.78, 5) is 23.1. The van der Waals surface area contributed by atoms with Crippen molar-refractivity contribution < 1.29 is 9.59 Å². The number of hydrogen-bond acceptors (Lipinski definition) is 3. The fourth-order valence-electron chi connectivity index (χ4n) is 1.35. The van der Waals surface area contributed by atoms with Gasteiger partial charge in [-0.1, -0.05) is 0 Å². The number of likely N-dealkylation sites (tertiary alicyclic amines) is 1. The summed E-state index contributed by atoms with van der Waals surface area (Å²) in [5, 5.41) is 0. The molecule has 0 saturated carbocycles. The van der Waals surface area contributed by atoms with Crippen LogP contribution in [0.5, 0.6) is 0 Å². The minimum absolute atomic E-state index is 0.0231. The Labute approximate surface area is 70.7 Å². The average molecular weight is 171 g/mol. The number of carbonyl (C=O) groups excluding carboxylic acids is 2. The Morgan fingerprint density at radius 3 is 2.75 bits per heavy atom. The highest BCUT2D eigenvalue weighted by atomic mass is 16.2. The number of nitrogens with two attached hydrogens (primary N) is 2. The van der Waals surface area contributed by atoms with Gasteiger partial charge in [0, 0.05) is 13.0 Å². The van der Waals surface area contributed by atoms with Gasteiger partial charge in [-0.25, -0.2) is 0 Å². The molecule has 5 nitrogen and oxygen atoms in total. The lowest BCUT2D eigenvalue weighted by atomic mass is 10.1. The van der Waals surface area contributed by atoms with Gasteiger partial charge in [0.25, 0.3) is 0 Å². The summed E-state index contributed by atoms with van der Waals surface area (Å²) >= 11 is 0. The van der Waals surface area contributed by atoms with Gasteiger partial charge < -0.3 is 16.4 Å². The van der Waals surface area contributed by atoms with E-state index in [1.807, 2.05) is 0 Å². The van der Waals surface area contributed by atoms with E-state index in [1.165, 1.54) is 4.90 Å². The lowest BCUT2D eigenvalue weighted by Gasteiger charge is -2.13. The van der Waals surface area contributed by atoms with Crippen LogP contribution >= 0.6 is 0 Å². The van der Waals surface area contributed by atoms with Gasteiger partial charge in [-0.05, 0) is 12.5 Å². The molecule has 1 fully saturated rings. The monoisotopic (exact) mass is 171 g/mol. The van der Waals surface area contributed by atoms with Crippen molar-refractivity contribution in [3.05, 3.63) is 0 Å². The van der Waals surface area contributed by atoms with E-state index < -0.39 is 5.91 Å². The molecular formula is C7H13N3O2. The Kier molecular flexibility index (Phi) is 2.65. The lowest BCUT2D eigenvalue weighted by Crippen LogP contribution is -2.35. The minimum Gasteiger partial charge on any atom is -0.368 e. The molecule has 2 amide bonds. The molecule has 1 aliphatic heterocycles. The van der Waals surface area contributed by atoms with Crippen molar-refractivity contribution in [3.63, 3.8) is 0 Å². The van der Waals surface area contributed by atoms with Gasteiger partial charge in [-0.15, -0.1) is 0 Å². The second kappa shape index (κ2) is 3.53. The van der Waals surface area contributed by atoms with Crippen LogP contribution in [-0.4, -0.2) is 36.3 Å². The third-order valence-corrected chi connectivity index (χ3v) is 1.97. The molecule has 1 heterocycles. The van der Waals surface area contributed by atoms with Crippen molar-refractivity contribution in [1.82, 2.24) is 4.90 Å². The van der Waals surface area contributed by atoms with Gasteiger partial charge in [-0.2, -0.15) is 0 Å². The summed E-state index contributed by atoms with van der Waals surface area (Å²) in [5.74, 6) is -0.304. The first-order valence-electron chi connectivity index (χ1n) is 3.89. The predicted molar refractivity (Wildman–Crippen MR) is 42.9 cm³/mol. The molecule has 1 saturated heterocycles. The summed E-state index contributed by atoms with van der Waals surface area (Å²) in [5.41, 5.74) is 10.4. The second-order valence-electron chi connectivity index (χ2n) is 3.05. The normalized spacial score (nSPS) is 23.2. The van der Waals surface area contributed by atoms with Crippen molar-refractivity contribution in [1.29, 1.82) is 0 Å². The van der Waals surface area contributed by atoms with Gasteiger partial charge in [0.15, 0.2) is 0 Å². The smallest absolute Gasteiger partial charge is 0.237 e. The van der Waals surface area contributed by atoms with Crippen molar-refractivity contribution >= 4 is 11.8 Å². The maximum absolute atomic E-state index is 11.1. The molecule has 4 N–H and O–H groups in total. The Balaban J connectivity index is 2.46. The molecule has 1 aliphatic rings. The summed E-state index contributed by atoms with van der Waals surface area (Å²) in [6.45, 7) is 1.08. The molecular weight excluding hydrogens is 158 g/mol. The van der Waals surface area contributed by atoms with E-state index in [4.69, 9.17) is 11.5 Å². The molecule has 0 bridgehead atoms. The van der Waals surface area contributed by atoms with Crippen molar-refractivity contribution in [2.45, 2.75) is 6.42 Å². The van der Waals surface area contributed by atoms with Gasteiger partial charge in [0.05, 0.1) is 6.54 Å². The van der Waals surface area contributed by atoms with Crippen LogP contribution in [0.4, 0.5) is 0 Å². The zero-order chi connectivity index (χ0) is 9.14. The molecule has 0 aliphatic carbocycles. The number of carbonyl (C=O) groups is 2. The molecule has 1 rings (SSSR count). The van der Waals surface area contributed by atoms with Gasteiger partial charge in [-0.3, -0.25) is 9.59 Å². The quantitative estimate of drug-likeness (QED) is 0.529. The van der Waals surface area contributed by atoms with Gasteiger partial charge in [0.2, 0.25) is 11.8 Å². The molecule has 1 unspecified atom stereocenters. The third kappa shape index (κ3) is 1.94. The van der Waals surface area contributed by atoms with Crippen LogP contribution in [0.3, 0.4) is 0 Å². The maximum Gasteiger partial charge on any atom is 0.237 e. The Morgan fingerprint density at radius 2 is 2.33 bits per heavy atom. The summed E-state index contributed by atoms with van der Waals surface area (Å²) in [7, 11) is 0. The van der Waals surface area contributed by atoms with Crippen molar-refractivity contribution in [3.8, 4) is 0 Å². The van der Waals surface area contributed by atoms with Crippen LogP contribution in [0.1, 0.15) is 6.42 Å². The third-order valence-electron chi connectivity index (χ3n) is 1.97. The van der Waals surface area contributed by atoms with Crippen LogP contribution in [0, 0.1) is 5.92 Å². The summed E-state index contributed by atoms with van der Waals surface area (Å²) < 4.78 is 0. The minimum atomic E-state index is -0.471. The number of primary amides is 1. The van der Waals surface area contributed by atoms with Crippen LogP contribution in [-0.2, 0) is 9.59 Å². The van der Waals surface area contributed by atoms with E-state index in [2.05, 4.69) is 0 Å². The highest BCUT2D eigenvalue weighted by Gasteiger charge is 2.28. The maximum atomic E-state index is 11.1. The van der Waals surface area contributed by atoms with Gasteiger partial charge in [0.1, 0.15) is 0 Å². The number of nitrogens with zero attached hydrogens (tertiary/aromatic N) is 1. The van der Waals surface area contributed by atoms with E-state index in [1.54, 1.807) is 0 Å². The number of hydrogen-bond donors (Lipinski definition) is 2. The molecule has 1 atom stereocenters. The molecule has 0 aromatic carbocycles. The number of rotatable bonds is 3. The van der Waals surface area contributed by atoms with E-state index >= 15 is 0 Å². The molecule has 0 radical (unpaired) electrons. The second-order valence-corrected chi connectivity index (χ2v) is 3.05. The zero-order valence-corrected chi connectivity index (χ0v) is 6.82. The SMILES string of the molecule is NCC1CC(=O)N(CC(N)=O)C1.